The van der Waals surface area contributed by atoms with Gasteiger partial charge in [-0.25, -0.2) is 0 Å². The Morgan fingerprint density at radius 3 is 2.50 bits per heavy atom. The Kier molecular flexibility index (Phi) is 7.06. The molecule has 0 spiro atoms. The lowest BCUT2D eigenvalue weighted by Crippen LogP contribution is -2.40. The first-order valence-corrected chi connectivity index (χ1v) is 10.4. The number of carbonyl (C=O) groups is 1. The Morgan fingerprint density at radius 1 is 1.15 bits per heavy atom. The molecule has 0 unspecified atom stereocenters. The van der Waals surface area contributed by atoms with Crippen LogP contribution in [0.15, 0.2) is 6.20 Å². The van der Waals surface area contributed by atoms with E-state index in [1.165, 1.54) is 38.5 Å². The molecule has 0 aromatic carbocycles. The average Bonchev–Trinajstić information content (AvgIpc) is 2.88. The van der Waals surface area contributed by atoms with Gasteiger partial charge in [0.1, 0.15) is 0 Å². The first-order chi connectivity index (χ1) is 12.6. The van der Waals surface area contributed by atoms with Gasteiger partial charge in [-0.1, -0.05) is 30.9 Å². The van der Waals surface area contributed by atoms with Crippen molar-refractivity contribution < 1.29 is 9.90 Å². The van der Waals surface area contributed by atoms with E-state index in [4.69, 9.17) is 0 Å². The molecular formula is C20H34N4O2. The molecule has 6 heteroatoms. The van der Waals surface area contributed by atoms with Crippen LogP contribution in [0.2, 0.25) is 0 Å². The molecule has 1 atom stereocenters. The predicted molar refractivity (Wildman–Crippen MR) is 101 cm³/mol. The lowest BCUT2D eigenvalue weighted by molar-refractivity contribution is -0.133. The molecule has 0 radical (unpaired) electrons. The fraction of sp³-hybridized carbons (Fsp3) is 0.850. The minimum atomic E-state index is -0.386. The van der Waals surface area contributed by atoms with E-state index in [1.54, 1.807) is 6.92 Å². The summed E-state index contributed by atoms with van der Waals surface area (Å²) >= 11 is 0. The molecule has 1 saturated carbocycles. The average molecular weight is 363 g/mol. The molecule has 1 N–H and O–H groups in total. The highest BCUT2D eigenvalue weighted by Crippen LogP contribution is 2.27. The molecule has 26 heavy (non-hydrogen) atoms. The minimum Gasteiger partial charge on any atom is -0.393 e. The summed E-state index contributed by atoms with van der Waals surface area (Å²) in [5.41, 5.74) is 0.844. The van der Waals surface area contributed by atoms with Gasteiger partial charge >= 0.3 is 0 Å². The summed E-state index contributed by atoms with van der Waals surface area (Å²) in [6, 6.07) is 0. The number of aliphatic hydroxyl groups is 1. The van der Waals surface area contributed by atoms with Crippen LogP contribution in [-0.2, 0) is 17.8 Å². The van der Waals surface area contributed by atoms with E-state index in [1.807, 2.05) is 10.9 Å². The van der Waals surface area contributed by atoms with Crippen LogP contribution in [0.5, 0.6) is 0 Å². The third kappa shape index (κ3) is 5.79. The van der Waals surface area contributed by atoms with E-state index in [9.17, 15) is 9.90 Å². The molecule has 1 saturated heterocycles. The number of piperidine rings is 1. The van der Waals surface area contributed by atoms with Crippen molar-refractivity contribution in [2.45, 2.75) is 83.8 Å². The second-order valence-corrected chi connectivity index (χ2v) is 8.37. The Hall–Kier alpha value is -1.43. The molecule has 6 nitrogen and oxygen atoms in total. The van der Waals surface area contributed by atoms with Crippen molar-refractivity contribution in [3.63, 3.8) is 0 Å². The number of amides is 1. The number of carbonyl (C=O) groups excluding carboxylic acids is 1. The quantitative estimate of drug-likeness (QED) is 0.790. The zero-order valence-corrected chi connectivity index (χ0v) is 16.1. The lowest BCUT2D eigenvalue weighted by Gasteiger charge is -2.32. The highest BCUT2D eigenvalue weighted by atomic mass is 16.3. The van der Waals surface area contributed by atoms with Crippen molar-refractivity contribution in [1.29, 1.82) is 0 Å². The number of nitrogens with zero attached hydrogens (tertiary/aromatic N) is 4. The molecule has 1 amide bonds. The van der Waals surface area contributed by atoms with Crippen molar-refractivity contribution in [1.82, 2.24) is 19.9 Å². The summed E-state index contributed by atoms with van der Waals surface area (Å²) in [7, 11) is 0. The van der Waals surface area contributed by atoms with Gasteiger partial charge in [0, 0.05) is 38.7 Å². The lowest BCUT2D eigenvalue weighted by atomic mass is 9.93. The maximum Gasteiger partial charge on any atom is 0.222 e. The van der Waals surface area contributed by atoms with Gasteiger partial charge in [-0.15, -0.1) is 5.10 Å². The van der Waals surface area contributed by atoms with Gasteiger partial charge in [-0.05, 0) is 44.4 Å². The summed E-state index contributed by atoms with van der Waals surface area (Å²) in [5, 5.41) is 17.7. The summed E-state index contributed by atoms with van der Waals surface area (Å²) < 4.78 is 1.89. The molecule has 1 aliphatic heterocycles. The first kappa shape index (κ1) is 19.3. The summed E-state index contributed by atoms with van der Waals surface area (Å²) in [6.45, 7) is 4.38. The number of aliphatic hydroxyl groups excluding tert-OH is 1. The van der Waals surface area contributed by atoms with Crippen LogP contribution in [0.4, 0.5) is 0 Å². The van der Waals surface area contributed by atoms with Crippen molar-refractivity contribution in [2.24, 2.45) is 11.8 Å². The Balaban J connectivity index is 1.40. The third-order valence-electron chi connectivity index (χ3n) is 5.94. The van der Waals surface area contributed by atoms with Gasteiger partial charge in [0.2, 0.25) is 5.91 Å². The van der Waals surface area contributed by atoms with Crippen LogP contribution < -0.4 is 0 Å². The highest BCUT2D eigenvalue weighted by Gasteiger charge is 2.25. The monoisotopic (exact) mass is 362 g/mol. The summed E-state index contributed by atoms with van der Waals surface area (Å²) in [4.78, 5) is 14.7. The van der Waals surface area contributed by atoms with Gasteiger partial charge in [0.15, 0.2) is 0 Å². The maximum absolute atomic E-state index is 12.6. The molecule has 1 aromatic heterocycles. The van der Waals surface area contributed by atoms with Gasteiger partial charge < -0.3 is 10.0 Å². The molecule has 0 bridgehead atoms. The van der Waals surface area contributed by atoms with E-state index in [0.29, 0.717) is 24.2 Å². The fourth-order valence-corrected chi connectivity index (χ4v) is 4.40. The third-order valence-corrected chi connectivity index (χ3v) is 5.94. The van der Waals surface area contributed by atoms with E-state index in [0.717, 1.165) is 44.6 Å². The van der Waals surface area contributed by atoms with Crippen LogP contribution in [-0.4, -0.2) is 50.1 Å². The smallest absolute Gasteiger partial charge is 0.222 e. The van der Waals surface area contributed by atoms with Crippen molar-refractivity contribution in [3.05, 3.63) is 11.9 Å². The van der Waals surface area contributed by atoms with Gasteiger partial charge in [0.05, 0.1) is 11.8 Å². The molecule has 2 aliphatic rings. The van der Waals surface area contributed by atoms with Crippen LogP contribution in [0.1, 0.15) is 70.4 Å². The van der Waals surface area contributed by atoms with E-state index >= 15 is 0 Å². The van der Waals surface area contributed by atoms with Crippen LogP contribution in [0, 0.1) is 11.8 Å². The Labute approximate surface area is 156 Å². The van der Waals surface area contributed by atoms with Crippen LogP contribution in [0.25, 0.3) is 0 Å². The van der Waals surface area contributed by atoms with E-state index < -0.39 is 0 Å². The molecule has 1 aromatic rings. The van der Waals surface area contributed by atoms with Gasteiger partial charge in [-0.2, -0.15) is 0 Å². The zero-order valence-electron chi connectivity index (χ0n) is 16.1. The normalized spacial score (nSPS) is 21.5. The SMILES string of the molecule is C[C@@H](O)Cc1cn(CC2CCN(C(=O)CC3CCCCCC3)CC2)nn1. The van der Waals surface area contributed by atoms with Crippen molar-refractivity contribution in [2.75, 3.05) is 13.1 Å². The molecule has 2 heterocycles. The summed E-state index contributed by atoms with van der Waals surface area (Å²) in [5.74, 6) is 1.54. The molecule has 3 rings (SSSR count). The first-order valence-electron chi connectivity index (χ1n) is 10.4. The minimum absolute atomic E-state index is 0.371. The number of hydrogen-bond donors (Lipinski definition) is 1. The number of rotatable bonds is 6. The number of hydrogen-bond acceptors (Lipinski definition) is 4. The molecule has 146 valence electrons. The van der Waals surface area contributed by atoms with E-state index in [-0.39, 0.29) is 6.10 Å². The second kappa shape index (κ2) is 9.49. The largest absolute Gasteiger partial charge is 0.393 e. The summed E-state index contributed by atoms with van der Waals surface area (Å²) in [6.07, 6.45) is 12.7. The molecule has 2 fully saturated rings. The Morgan fingerprint density at radius 2 is 1.85 bits per heavy atom. The fourth-order valence-electron chi connectivity index (χ4n) is 4.40. The second-order valence-electron chi connectivity index (χ2n) is 8.37. The maximum atomic E-state index is 12.6. The molecular weight excluding hydrogens is 328 g/mol. The van der Waals surface area contributed by atoms with E-state index in [2.05, 4.69) is 15.2 Å². The highest BCUT2D eigenvalue weighted by molar-refractivity contribution is 5.76. The standard InChI is InChI=1S/C20H34N4O2/c1-16(25)12-19-15-24(22-21-19)14-18-8-10-23(11-9-18)20(26)13-17-6-4-2-3-5-7-17/h15-18,25H,2-14H2,1H3/t16-/m1/s1. The molecule has 1 aliphatic carbocycles. The predicted octanol–water partition coefficient (Wildman–Crippen LogP) is 2.80. The van der Waals surface area contributed by atoms with Crippen LogP contribution >= 0.6 is 0 Å². The van der Waals surface area contributed by atoms with Gasteiger partial charge in [0.25, 0.3) is 0 Å². The Bertz CT molecular complexity index is 556. The van der Waals surface area contributed by atoms with Crippen molar-refractivity contribution >= 4 is 5.91 Å². The zero-order chi connectivity index (χ0) is 18.4. The van der Waals surface area contributed by atoms with Crippen LogP contribution in [0.3, 0.4) is 0 Å². The van der Waals surface area contributed by atoms with Crippen molar-refractivity contribution in [3.8, 4) is 0 Å². The van der Waals surface area contributed by atoms with Gasteiger partial charge in [-0.3, -0.25) is 9.48 Å². The number of aromatic nitrogens is 3. The topological polar surface area (TPSA) is 71.2 Å². The number of likely N-dealkylation sites (tertiary alicyclic amines) is 1.